The Balaban J connectivity index is 1.10. The second-order valence-corrected chi connectivity index (χ2v) is 15.4. The van der Waals surface area contributed by atoms with E-state index in [0.29, 0.717) is 0 Å². The summed E-state index contributed by atoms with van der Waals surface area (Å²) in [5, 5.41) is 2.54. The molecule has 0 amide bonds. The molecular formula is C53H41N. The third-order valence-electron chi connectivity index (χ3n) is 11.9. The maximum atomic E-state index is 2.46. The van der Waals surface area contributed by atoms with Crippen LogP contribution in [0.3, 0.4) is 0 Å². The minimum Gasteiger partial charge on any atom is -0.309 e. The number of fused-ring (bicyclic) bond motifs is 6. The van der Waals surface area contributed by atoms with Crippen molar-refractivity contribution in [3.63, 3.8) is 0 Å². The van der Waals surface area contributed by atoms with E-state index in [1.165, 1.54) is 99.8 Å². The van der Waals surface area contributed by atoms with E-state index in [1.54, 1.807) is 0 Å². The molecule has 0 fully saturated rings. The van der Waals surface area contributed by atoms with Crippen LogP contribution >= 0.6 is 0 Å². The lowest BCUT2D eigenvalue weighted by Gasteiger charge is -2.22. The van der Waals surface area contributed by atoms with Gasteiger partial charge >= 0.3 is 0 Å². The fourth-order valence-corrected chi connectivity index (χ4v) is 9.08. The lowest BCUT2D eigenvalue weighted by Crippen LogP contribution is -2.15. The summed E-state index contributed by atoms with van der Waals surface area (Å²) in [4.78, 5) is 0. The van der Waals surface area contributed by atoms with Crippen molar-refractivity contribution in [1.82, 2.24) is 4.57 Å². The Morgan fingerprint density at radius 2 is 1.04 bits per heavy atom. The molecule has 0 saturated carbocycles. The molecule has 9 aromatic rings. The van der Waals surface area contributed by atoms with Crippen molar-refractivity contribution >= 4 is 21.8 Å². The van der Waals surface area contributed by atoms with Gasteiger partial charge in [-0.05, 0) is 122 Å². The smallest absolute Gasteiger partial charge is 0.0541 e. The fraction of sp³-hybridized carbons (Fsp3) is 0.0943. The van der Waals surface area contributed by atoms with E-state index in [-0.39, 0.29) is 5.41 Å². The lowest BCUT2D eigenvalue weighted by molar-refractivity contribution is 0.660. The first-order valence-corrected chi connectivity index (χ1v) is 19.1. The Hall–Kier alpha value is -6.44. The molecule has 1 aliphatic carbocycles. The molecule has 1 nitrogen and oxygen atoms in total. The van der Waals surface area contributed by atoms with Gasteiger partial charge in [0.25, 0.3) is 0 Å². The van der Waals surface area contributed by atoms with E-state index >= 15 is 0 Å². The van der Waals surface area contributed by atoms with Crippen molar-refractivity contribution in [2.24, 2.45) is 0 Å². The number of benzene rings is 8. The zero-order chi connectivity index (χ0) is 36.4. The Labute approximate surface area is 317 Å². The predicted molar refractivity (Wildman–Crippen MR) is 229 cm³/mol. The quantitative estimate of drug-likeness (QED) is 0.164. The van der Waals surface area contributed by atoms with Gasteiger partial charge in [0.1, 0.15) is 0 Å². The standard InChI is InChI=1S/C53H41N/c1-35-15-7-9-19-42(35)47-32-37(25-26-40(47)31-39-18-8-10-20-43(39)36-16-5-4-6-17-36)38-27-30-52-48(33-38)46-22-12-14-24-51(46)54(52)41-28-29-45-44-21-11-13-23-49(44)53(2,3)50(45)34-41/h4-30,32-34H,31H2,1-3H3. The number of aryl methyl sites for hydroxylation is 1. The number of para-hydroxylation sites is 1. The van der Waals surface area contributed by atoms with E-state index in [9.17, 15) is 0 Å². The summed E-state index contributed by atoms with van der Waals surface area (Å²) in [5.74, 6) is 0. The van der Waals surface area contributed by atoms with E-state index in [2.05, 4.69) is 207 Å². The van der Waals surface area contributed by atoms with Crippen LogP contribution in [0.25, 0.3) is 72.0 Å². The Kier molecular flexibility index (Phi) is 7.52. The van der Waals surface area contributed by atoms with Crippen LogP contribution in [0.5, 0.6) is 0 Å². The van der Waals surface area contributed by atoms with Crippen molar-refractivity contribution in [2.75, 3.05) is 0 Å². The third-order valence-corrected chi connectivity index (χ3v) is 11.9. The van der Waals surface area contributed by atoms with Crippen molar-refractivity contribution in [3.05, 3.63) is 210 Å². The highest BCUT2D eigenvalue weighted by atomic mass is 15.0. The Bertz CT molecular complexity index is 2890. The van der Waals surface area contributed by atoms with Crippen LogP contribution < -0.4 is 0 Å². The maximum absolute atomic E-state index is 2.46. The van der Waals surface area contributed by atoms with Crippen LogP contribution in [0, 0.1) is 6.92 Å². The topological polar surface area (TPSA) is 4.93 Å². The van der Waals surface area contributed by atoms with Gasteiger partial charge in [-0.1, -0.05) is 159 Å². The highest BCUT2D eigenvalue weighted by molar-refractivity contribution is 6.10. The zero-order valence-corrected chi connectivity index (χ0v) is 31.0. The summed E-state index contributed by atoms with van der Waals surface area (Å²) in [6.45, 7) is 6.94. The molecule has 1 heterocycles. The molecule has 0 aliphatic heterocycles. The minimum absolute atomic E-state index is 0.0571. The lowest BCUT2D eigenvalue weighted by atomic mass is 9.82. The first kappa shape index (κ1) is 32.2. The number of aromatic nitrogens is 1. The number of hydrogen-bond acceptors (Lipinski definition) is 0. The van der Waals surface area contributed by atoms with Gasteiger partial charge in [0.15, 0.2) is 0 Å². The molecule has 0 bridgehead atoms. The highest BCUT2D eigenvalue weighted by Gasteiger charge is 2.35. The highest BCUT2D eigenvalue weighted by Crippen LogP contribution is 2.49. The van der Waals surface area contributed by atoms with E-state index in [4.69, 9.17) is 0 Å². The third kappa shape index (κ3) is 5.15. The van der Waals surface area contributed by atoms with Crippen LogP contribution in [0.1, 0.15) is 41.7 Å². The van der Waals surface area contributed by atoms with Gasteiger partial charge in [0.2, 0.25) is 0 Å². The van der Waals surface area contributed by atoms with Crippen LogP contribution in [0.4, 0.5) is 0 Å². The summed E-state index contributed by atoms with van der Waals surface area (Å²) < 4.78 is 2.46. The van der Waals surface area contributed by atoms with Gasteiger partial charge < -0.3 is 4.57 Å². The van der Waals surface area contributed by atoms with E-state index in [0.717, 1.165) is 6.42 Å². The Morgan fingerprint density at radius 3 is 1.89 bits per heavy atom. The van der Waals surface area contributed by atoms with Gasteiger partial charge in [0.05, 0.1) is 11.0 Å². The normalized spacial score (nSPS) is 12.9. The predicted octanol–water partition coefficient (Wildman–Crippen LogP) is 14.0. The van der Waals surface area contributed by atoms with Gasteiger partial charge in [-0.3, -0.25) is 0 Å². The second-order valence-electron chi connectivity index (χ2n) is 15.4. The van der Waals surface area contributed by atoms with Crippen molar-refractivity contribution in [3.8, 4) is 50.2 Å². The number of hydrogen-bond donors (Lipinski definition) is 0. The molecule has 0 N–H and O–H groups in total. The summed E-state index contributed by atoms with van der Waals surface area (Å²) in [6, 6.07) is 67.4. The van der Waals surface area contributed by atoms with Crippen LogP contribution in [0.15, 0.2) is 182 Å². The molecule has 0 saturated heterocycles. The van der Waals surface area contributed by atoms with Crippen molar-refractivity contribution in [1.29, 1.82) is 0 Å². The molecule has 0 radical (unpaired) electrons. The van der Waals surface area contributed by atoms with Gasteiger partial charge in [0, 0.05) is 21.9 Å². The summed E-state index contributed by atoms with van der Waals surface area (Å²) in [6.07, 6.45) is 0.851. The molecule has 10 rings (SSSR count). The molecule has 0 spiro atoms. The molecule has 258 valence electrons. The summed E-state index contributed by atoms with van der Waals surface area (Å²) in [7, 11) is 0. The van der Waals surface area contributed by atoms with Crippen LogP contribution in [-0.2, 0) is 11.8 Å². The molecule has 1 aromatic heterocycles. The SMILES string of the molecule is Cc1ccccc1-c1cc(-c2ccc3c(c2)c2ccccc2n3-c2ccc3c(c2)C(C)(C)c2ccccc2-3)ccc1Cc1ccccc1-c1ccccc1. The minimum atomic E-state index is -0.0571. The fourth-order valence-electron chi connectivity index (χ4n) is 9.08. The molecule has 0 unspecified atom stereocenters. The average molecular weight is 692 g/mol. The van der Waals surface area contributed by atoms with E-state index < -0.39 is 0 Å². The van der Waals surface area contributed by atoms with Gasteiger partial charge in [-0.15, -0.1) is 0 Å². The van der Waals surface area contributed by atoms with Crippen LogP contribution in [0.2, 0.25) is 0 Å². The number of rotatable bonds is 6. The molecule has 0 atom stereocenters. The zero-order valence-electron chi connectivity index (χ0n) is 31.0. The van der Waals surface area contributed by atoms with Crippen LogP contribution in [-0.4, -0.2) is 4.57 Å². The molecule has 1 heteroatoms. The van der Waals surface area contributed by atoms with Crippen molar-refractivity contribution < 1.29 is 0 Å². The summed E-state index contributed by atoms with van der Waals surface area (Å²) >= 11 is 0. The molecule has 1 aliphatic rings. The van der Waals surface area contributed by atoms with E-state index in [1.807, 2.05) is 0 Å². The monoisotopic (exact) mass is 691 g/mol. The first-order chi connectivity index (χ1) is 26.5. The molecule has 8 aromatic carbocycles. The second kappa shape index (κ2) is 12.6. The molecule has 54 heavy (non-hydrogen) atoms. The molecular weight excluding hydrogens is 651 g/mol. The summed E-state index contributed by atoms with van der Waals surface area (Å²) in [5.41, 5.74) is 20.6. The largest absolute Gasteiger partial charge is 0.309 e. The average Bonchev–Trinajstić information content (AvgIpc) is 3.66. The van der Waals surface area contributed by atoms with Gasteiger partial charge in [-0.25, -0.2) is 0 Å². The maximum Gasteiger partial charge on any atom is 0.0541 e. The first-order valence-electron chi connectivity index (χ1n) is 19.1. The van der Waals surface area contributed by atoms with Crippen molar-refractivity contribution in [2.45, 2.75) is 32.6 Å². The Morgan fingerprint density at radius 1 is 0.407 bits per heavy atom. The van der Waals surface area contributed by atoms with Gasteiger partial charge in [-0.2, -0.15) is 0 Å². The number of nitrogens with zero attached hydrogens (tertiary/aromatic N) is 1.